The van der Waals surface area contributed by atoms with Crippen LogP contribution in [-0.4, -0.2) is 33.9 Å². The van der Waals surface area contributed by atoms with Gasteiger partial charge in [0.1, 0.15) is 0 Å². The van der Waals surface area contributed by atoms with Gasteiger partial charge in [-0.15, -0.1) is 0 Å². The fourth-order valence-corrected chi connectivity index (χ4v) is 3.39. The molecule has 1 aromatic heterocycles. The second kappa shape index (κ2) is 7.09. The first-order valence-corrected chi connectivity index (χ1v) is 9.36. The van der Waals surface area contributed by atoms with Crippen LogP contribution >= 0.6 is 0 Å². The first-order chi connectivity index (χ1) is 13.5. The fraction of sp³-hybridized carbons (Fsp3) is 0.286. The van der Waals surface area contributed by atoms with E-state index in [4.69, 9.17) is 5.73 Å². The maximum Gasteiger partial charge on any atom is 0.255 e. The monoisotopic (exact) mass is 377 g/mol. The lowest BCUT2D eigenvalue weighted by Crippen LogP contribution is -2.53. The molecule has 1 saturated carbocycles. The van der Waals surface area contributed by atoms with Crippen LogP contribution in [0.15, 0.2) is 48.8 Å². The SMILES string of the molecule is CC(CN)(NC(=O)c1cccc(NC(=O)c2ccc3nc[nH]c3c2)c1)C1CC1. The van der Waals surface area contributed by atoms with Crippen molar-refractivity contribution in [2.24, 2.45) is 11.7 Å². The minimum absolute atomic E-state index is 0.185. The molecule has 3 aromatic rings. The van der Waals surface area contributed by atoms with E-state index in [-0.39, 0.29) is 11.8 Å². The number of carbonyl (C=O) groups excluding carboxylic acids is 2. The third-order valence-electron chi connectivity index (χ3n) is 5.37. The number of nitrogens with zero attached hydrogens (tertiary/aromatic N) is 1. The van der Waals surface area contributed by atoms with Crippen LogP contribution in [0, 0.1) is 5.92 Å². The van der Waals surface area contributed by atoms with Gasteiger partial charge in [-0.1, -0.05) is 6.07 Å². The number of benzene rings is 2. The highest BCUT2D eigenvalue weighted by molar-refractivity contribution is 6.06. The van der Waals surface area contributed by atoms with Crippen LogP contribution in [0.1, 0.15) is 40.5 Å². The van der Waals surface area contributed by atoms with E-state index in [1.165, 1.54) is 0 Å². The van der Waals surface area contributed by atoms with Crippen molar-refractivity contribution in [1.82, 2.24) is 15.3 Å². The molecule has 0 aliphatic heterocycles. The zero-order valence-electron chi connectivity index (χ0n) is 15.7. The van der Waals surface area contributed by atoms with Gasteiger partial charge in [-0.3, -0.25) is 9.59 Å². The third kappa shape index (κ3) is 3.61. The van der Waals surface area contributed by atoms with Crippen molar-refractivity contribution in [3.63, 3.8) is 0 Å². The fourth-order valence-electron chi connectivity index (χ4n) is 3.39. The van der Waals surface area contributed by atoms with Crippen molar-refractivity contribution in [2.75, 3.05) is 11.9 Å². The van der Waals surface area contributed by atoms with Crippen molar-refractivity contribution in [3.8, 4) is 0 Å². The molecule has 1 aliphatic rings. The highest BCUT2D eigenvalue weighted by Gasteiger charge is 2.41. The molecule has 28 heavy (non-hydrogen) atoms. The van der Waals surface area contributed by atoms with E-state index in [1.54, 1.807) is 48.8 Å². The summed E-state index contributed by atoms with van der Waals surface area (Å²) >= 11 is 0. The van der Waals surface area contributed by atoms with Crippen LogP contribution in [0.5, 0.6) is 0 Å². The van der Waals surface area contributed by atoms with Gasteiger partial charge in [0.2, 0.25) is 0 Å². The van der Waals surface area contributed by atoms with Crippen molar-refractivity contribution in [1.29, 1.82) is 0 Å². The Kier molecular flexibility index (Phi) is 4.60. The number of rotatable bonds is 6. The average molecular weight is 377 g/mol. The number of aromatic amines is 1. The summed E-state index contributed by atoms with van der Waals surface area (Å²) in [5.41, 5.74) is 8.64. The number of imidazole rings is 1. The molecular weight excluding hydrogens is 354 g/mol. The van der Waals surface area contributed by atoms with Gasteiger partial charge in [-0.05, 0) is 62.1 Å². The van der Waals surface area contributed by atoms with Crippen molar-refractivity contribution < 1.29 is 9.59 Å². The maximum absolute atomic E-state index is 12.7. The summed E-state index contributed by atoms with van der Waals surface area (Å²) in [4.78, 5) is 32.4. The van der Waals surface area contributed by atoms with Crippen molar-refractivity contribution >= 4 is 28.5 Å². The summed E-state index contributed by atoms with van der Waals surface area (Å²) in [6.45, 7) is 2.38. The standard InChI is InChI=1S/C21H23N5O2/c1-21(11-22,15-6-7-15)26-20(28)13-3-2-4-16(9-13)25-19(27)14-5-8-17-18(10-14)24-12-23-17/h2-5,8-10,12,15H,6-7,11,22H2,1H3,(H,23,24)(H,25,27)(H,26,28). The number of hydrogen-bond acceptors (Lipinski definition) is 4. The maximum atomic E-state index is 12.7. The lowest BCUT2D eigenvalue weighted by molar-refractivity contribution is 0.0897. The van der Waals surface area contributed by atoms with E-state index in [0.717, 1.165) is 23.9 Å². The normalized spacial score (nSPS) is 15.8. The Morgan fingerprint density at radius 2 is 1.96 bits per heavy atom. The van der Waals surface area contributed by atoms with E-state index >= 15 is 0 Å². The van der Waals surface area contributed by atoms with Gasteiger partial charge >= 0.3 is 0 Å². The molecule has 5 N–H and O–H groups in total. The Hall–Kier alpha value is -3.19. The lowest BCUT2D eigenvalue weighted by Gasteiger charge is -2.29. The summed E-state index contributed by atoms with van der Waals surface area (Å²) in [7, 11) is 0. The molecule has 7 nitrogen and oxygen atoms in total. The molecule has 1 heterocycles. The summed E-state index contributed by atoms with van der Waals surface area (Å²) in [6, 6.07) is 12.2. The predicted octanol–water partition coefficient (Wildman–Crippen LogP) is 2.67. The Morgan fingerprint density at radius 3 is 2.71 bits per heavy atom. The quantitative estimate of drug-likeness (QED) is 0.529. The largest absolute Gasteiger partial charge is 0.345 e. The number of amides is 2. The van der Waals surface area contributed by atoms with Gasteiger partial charge in [-0.25, -0.2) is 4.98 Å². The van der Waals surface area contributed by atoms with Crippen molar-refractivity contribution in [2.45, 2.75) is 25.3 Å². The van der Waals surface area contributed by atoms with E-state index in [1.807, 2.05) is 6.92 Å². The second-order valence-corrected chi connectivity index (χ2v) is 7.52. The molecule has 1 fully saturated rings. The van der Waals surface area contributed by atoms with E-state index in [9.17, 15) is 9.59 Å². The molecule has 1 aliphatic carbocycles. The van der Waals surface area contributed by atoms with Crippen molar-refractivity contribution in [3.05, 3.63) is 59.9 Å². The Balaban J connectivity index is 1.48. The van der Waals surface area contributed by atoms with Gasteiger partial charge < -0.3 is 21.4 Å². The van der Waals surface area contributed by atoms with Gasteiger partial charge in [0, 0.05) is 23.4 Å². The highest BCUT2D eigenvalue weighted by Crippen LogP contribution is 2.39. The minimum atomic E-state index is -0.393. The molecule has 7 heteroatoms. The zero-order valence-corrected chi connectivity index (χ0v) is 15.7. The topological polar surface area (TPSA) is 113 Å². The van der Waals surface area contributed by atoms with Gasteiger partial charge in [0.15, 0.2) is 0 Å². The predicted molar refractivity (Wildman–Crippen MR) is 108 cm³/mol. The summed E-state index contributed by atoms with van der Waals surface area (Å²) < 4.78 is 0. The van der Waals surface area contributed by atoms with Gasteiger partial charge in [0.25, 0.3) is 11.8 Å². The first-order valence-electron chi connectivity index (χ1n) is 9.36. The van der Waals surface area contributed by atoms with Gasteiger partial charge in [-0.2, -0.15) is 0 Å². The second-order valence-electron chi connectivity index (χ2n) is 7.52. The van der Waals surface area contributed by atoms with Crippen LogP contribution in [0.2, 0.25) is 0 Å². The molecule has 0 bridgehead atoms. The van der Waals surface area contributed by atoms with Crippen LogP contribution in [0.25, 0.3) is 11.0 Å². The molecule has 1 unspecified atom stereocenters. The number of fused-ring (bicyclic) bond motifs is 1. The molecule has 0 radical (unpaired) electrons. The number of carbonyl (C=O) groups is 2. The molecule has 0 saturated heterocycles. The van der Waals surface area contributed by atoms with Crippen LogP contribution in [0.4, 0.5) is 5.69 Å². The van der Waals surface area contributed by atoms with Crippen LogP contribution in [-0.2, 0) is 0 Å². The lowest BCUT2D eigenvalue weighted by atomic mass is 9.95. The average Bonchev–Trinajstić information content (AvgIpc) is 3.46. The smallest absolute Gasteiger partial charge is 0.255 e. The van der Waals surface area contributed by atoms with E-state index in [0.29, 0.717) is 29.3 Å². The molecule has 1 atom stereocenters. The molecule has 2 aromatic carbocycles. The number of nitrogens with one attached hydrogen (secondary N) is 3. The van der Waals surface area contributed by atoms with Crippen LogP contribution < -0.4 is 16.4 Å². The van der Waals surface area contributed by atoms with E-state index in [2.05, 4.69) is 20.6 Å². The molecular formula is C21H23N5O2. The number of H-pyrrole nitrogens is 1. The Morgan fingerprint density at radius 1 is 1.18 bits per heavy atom. The number of anilines is 1. The Labute approximate surface area is 162 Å². The minimum Gasteiger partial charge on any atom is -0.345 e. The van der Waals surface area contributed by atoms with Gasteiger partial charge in [0.05, 0.1) is 22.9 Å². The zero-order chi connectivity index (χ0) is 19.7. The summed E-state index contributed by atoms with van der Waals surface area (Å²) in [6.07, 6.45) is 3.76. The molecule has 4 rings (SSSR count). The van der Waals surface area contributed by atoms with E-state index < -0.39 is 5.54 Å². The molecule has 0 spiro atoms. The number of nitrogens with two attached hydrogens (primary N) is 1. The molecule has 144 valence electrons. The third-order valence-corrected chi connectivity index (χ3v) is 5.37. The number of hydrogen-bond donors (Lipinski definition) is 4. The summed E-state index contributed by atoms with van der Waals surface area (Å²) in [5.74, 6) is -0.00426. The first kappa shape index (κ1) is 18.2. The summed E-state index contributed by atoms with van der Waals surface area (Å²) in [5, 5.41) is 5.91. The number of aromatic nitrogens is 2. The van der Waals surface area contributed by atoms with Crippen LogP contribution in [0.3, 0.4) is 0 Å². The highest BCUT2D eigenvalue weighted by atomic mass is 16.2. The Bertz CT molecular complexity index is 1040. The molecule has 2 amide bonds.